The van der Waals surface area contributed by atoms with Gasteiger partial charge in [0.15, 0.2) is 0 Å². The van der Waals surface area contributed by atoms with E-state index in [1.807, 2.05) is 0 Å². The third-order valence-corrected chi connectivity index (χ3v) is 7.93. The molecule has 0 aliphatic carbocycles. The molecule has 4 rings (SSSR count). The number of alkyl halides is 3. The summed E-state index contributed by atoms with van der Waals surface area (Å²) in [6.07, 6.45) is -2.42. The molecular formula is C25H27ClF3N3O5S. The van der Waals surface area contributed by atoms with Crippen molar-refractivity contribution in [3.63, 3.8) is 0 Å². The van der Waals surface area contributed by atoms with Crippen molar-refractivity contribution in [3.8, 4) is 0 Å². The molecule has 2 fully saturated rings. The van der Waals surface area contributed by atoms with Crippen LogP contribution in [0.4, 0.5) is 24.5 Å². The molecule has 2 saturated heterocycles. The van der Waals surface area contributed by atoms with Crippen LogP contribution in [0.3, 0.4) is 0 Å². The third-order valence-electron chi connectivity index (χ3n) is 6.99. The van der Waals surface area contributed by atoms with E-state index in [9.17, 15) is 36.3 Å². The number of rotatable bonds is 6. The van der Waals surface area contributed by atoms with Crippen molar-refractivity contribution < 1.29 is 36.3 Å². The largest absolute Gasteiger partial charge is 0.480 e. The van der Waals surface area contributed by atoms with Gasteiger partial charge in [-0.05, 0) is 55.5 Å². The minimum atomic E-state index is -4.65. The number of amides is 1. The fraction of sp³-hybridized carbons (Fsp3) is 0.440. The average molecular weight is 574 g/mol. The maximum Gasteiger partial charge on any atom is 0.416 e. The number of carbonyl (C=O) groups excluding carboxylic acids is 1. The number of benzene rings is 2. The molecule has 2 N–H and O–H groups in total. The van der Waals surface area contributed by atoms with E-state index >= 15 is 0 Å². The molecule has 0 spiro atoms. The molecule has 2 atom stereocenters. The zero-order valence-electron chi connectivity index (χ0n) is 20.4. The summed E-state index contributed by atoms with van der Waals surface area (Å²) in [5, 5.41) is 10.2. The van der Waals surface area contributed by atoms with Gasteiger partial charge in [-0.15, -0.1) is 0 Å². The average Bonchev–Trinajstić information content (AvgIpc) is 3.28. The first-order valence-corrected chi connectivity index (χ1v) is 14.3. The zero-order chi connectivity index (χ0) is 27.8. The van der Waals surface area contributed by atoms with Crippen LogP contribution in [0.15, 0.2) is 42.5 Å². The number of carboxylic acids is 1. The number of hydrogen-bond donors (Lipinski definition) is 2. The van der Waals surface area contributed by atoms with Crippen molar-refractivity contribution >= 4 is 44.9 Å². The molecule has 2 aliphatic heterocycles. The number of aliphatic carboxylic acids is 1. The molecule has 2 aliphatic rings. The Morgan fingerprint density at radius 1 is 1.05 bits per heavy atom. The van der Waals surface area contributed by atoms with Crippen LogP contribution in [0.2, 0.25) is 5.02 Å². The highest BCUT2D eigenvalue weighted by Crippen LogP contribution is 2.42. The lowest BCUT2D eigenvalue weighted by atomic mass is 9.93. The van der Waals surface area contributed by atoms with Crippen LogP contribution in [-0.2, 0) is 25.8 Å². The molecule has 0 saturated carbocycles. The van der Waals surface area contributed by atoms with Gasteiger partial charge in [-0.25, -0.2) is 13.2 Å². The van der Waals surface area contributed by atoms with E-state index in [-0.39, 0.29) is 30.4 Å². The van der Waals surface area contributed by atoms with E-state index in [0.29, 0.717) is 36.3 Å². The Bertz CT molecular complexity index is 1330. The van der Waals surface area contributed by atoms with E-state index in [0.717, 1.165) is 18.4 Å². The third kappa shape index (κ3) is 6.01. The monoisotopic (exact) mass is 573 g/mol. The quantitative estimate of drug-likeness (QED) is 0.516. The highest BCUT2D eigenvalue weighted by Gasteiger charge is 2.44. The van der Waals surface area contributed by atoms with Crippen molar-refractivity contribution in [2.24, 2.45) is 5.92 Å². The molecule has 8 nitrogen and oxygen atoms in total. The van der Waals surface area contributed by atoms with Crippen molar-refractivity contribution in [3.05, 3.63) is 58.6 Å². The van der Waals surface area contributed by atoms with Crippen LogP contribution in [-0.4, -0.2) is 55.7 Å². The molecule has 13 heteroatoms. The Kier molecular flexibility index (Phi) is 7.85. The van der Waals surface area contributed by atoms with Crippen LogP contribution < -0.4 is 9.62 Å². The summed E-state index contributed by atoms with van der Waals surface area (Å²) >= 11 is 6.36. The second-order valence-electron chi connectivity index (χ2n) is 9.58. The lowest BCUT2D eigenvalue weighted by molar-refractivity contribution is -0.152. The lowest BCUT2D eigenvalue weighted by Crippen LogP contribution is -2.47. The maximum atomic E-state index is 13.6. The highest BCUT2D eigenvalue weighted by atomic mass is 35.5. The molecule has 2 heterocycles. The van der Waals surface area contributed by atoms with E-state index in [2.05, 4.69) is 4.72 Å². The number of carboxylic acid groups (broad SMARTS) is 1. The van der Waals surface area contributed by atoms with Gasteiger partial charge in [-0.1, -0.05) is 29.8 Å². The standard InChI is InChI=1S/C25H27ClF3N3O5S/c1-38(36,37)30-19-14-16(25(27,28)29)6-7-21(19)31-12-10-15(11-13-31)23(33)32-20(8-9-22(32)24(34)35)17-4-2-3-5-18(17)26/h2-7,14-15,20,22,30H,8-13H2,1H3,(H,34,35)/t20?,22-/m0/s1. The molecule has 206 valence electrons. The summed E-state index contributed by atoms with van der Waals surface area (Å²) in [7, 11) is -3.86. The van der Waals surface area contributed by atoms with Gasteiger partial charge in [0, 0.05) is 24.0 Å². The smallest absolute Gasteiger partial charge is 0.416 e. The maximum absolute atomic E-state index is 13.6. The number of piperidine rings is 1. The van der Waals surface area contributed by atoms with Gasteiger partial charge in [0.2, 0.25) is 15.9 Å². The van der Waals surface area contributed by atoms with Crippen LogP contribution in [0, 0.1) is 5.92 Å². The molecule has 1 unspecified atom stereocenters. The van der Waals surface area contributed by atoms with E-state index in [1.54, 1.807) is 29.2 Å². The van der Waals surface area contributed by atoms with E-state index in [4.69, 9.17) is 11.6 Å². The van der Waals surface area contributed by atoms with Gasteiger partial charge >= 0.3 is 12.1 Å². The van der Waals surface area contributed by atoms with Gasteiger partial charge in [0.25, 0.3) is 0 Å². The Morgan fingerprint density at radius 2 is 1.71 bits per heavy atom. The van der Waals surface area contributed by atoms with Gasteiger partial charge in [0.1, 0.15) is 6.04 Å². The topological polar surface area (TPSA) is 107 Å². The first-order valence-electron chi connectivity index (χ1n) is 12.0. The fourth-order valence-corrected chi connectivity index (χ4v) is 6.08. The molecule has 0 bridgehead atoms. The first-order chi connectivity index (χ1) is 17.8. The normalized spacial score (nSPS) is 21.0. The Labute approximate surface area is 223 Å². The number of carbonyl (C=O) groups is 2. The summed E-state index contributed by atoms with van der Waals surface area (Å²) in [5.74, 6) is -1.90. The van der Waals surface area contributed by atoms with Crippen molar-refractivity contribution in [2.45, 2.75) is 43.9 Å². The van der Waals surface area contributed by atoms with Crippen LogP contribution in [0.1, 0.15) is 42.9 Å². The predicted molar refractivity (Wildman–Crippen MR) is 137 cm³/mol. The van der Waals surface area contributed by atoms with Gasteiger partial charge in [-0.3, -0.25) is 9.52 Å². The number of halogens is 4. The van der Waals surface area contributed by atoms with Crippen LogP contribution in [0.5, 0.6) is 0 Å². The first kappa shape index (κ1) is 28.0. The van der Waals surface area contributed by atoms with Crippen molar-refractivity contribution in [1.29, 1.82) is 0 Å². The predicted octanol–water partition coefficient (Wildman–Crippen LogP) is 4.76. The second-order valence-corrected chi connectivity index (χ2v) is 11.7. The van der Waals surface area contributed by atoms with E-state index < -0.39 is 45.7 Å². The lowest BCUT2D eigenvalue weighted by Gasteiger charge is -2.38. The Balaban J connectivity index is 1.55. The molecule has 2 aromatic rings. The van der Waals surface area contributed by atoms with E-state index in [1.165, 1.54) is 11.0 Å². The molecule has 0 radical (unpaired) electrons. The zero-order valence-corrected chi connectivity index (χ0v) is 22.0. The Hall–Kier alpha value is -2.99. The molecule has 0 aromatic heterocycles. The Morgan fingerprint density at radius 3 is 2.29 bits per heavy atom. The number of nitrogens with zero attached hydrogens (tertiary/aromatic N) is 2. The summed E-state index contributed by atoms with van der Waals surface area (Å²) < 4.78 is 65.6. The van der Waals surface area contributed by atoms with Gasteiger partial charge < -0.3 is 14.9 Å². The second kappa shape index (κ2) is 10.6. The fourth-order valence-electron chi connectivity index (χ4n) is 5.26. The molecule has 38 heavy (non-hydrogen) atoms. The van der Waals surface area contributed by atoms with Crippen LogP contribution in [0.25, 0.3) is 0 Å². The van der Waals surface area contributed by atoms with Crippen molar-refractivity contribution in [1.82, 2.24) is 4.90 Å². The SMILES string of the molecule is CS(=O)(=O)Nc1cc(C(F)(F)F)ccc1N1CCC(C(=O)N2C(c3ccccc3Cl)CC[C@H]2C(=O)O)CC1. The number of nitrogens with one attached hydrogen (secondary N) is 1. The minimum Gasteiger partial charge on any atom is -0.480 e. The number of anilines is 2. The summed E-state index contributed by atoms with van der Waals surface area (Å²) in [4.78, 5) is 28.8. The van der Waals surface area contributed by atoms with Gasteiger partial charge in [0.05, 0.1) is 29.2 Å². The minimum absolute atomic E-state index is 0.198. The van der Waals surface area contributed by atoms with Gasteiger partial charge in [-0.2, -0.15) is 13.2 Å². The molecular weight excluding hydrogens is 547 g/mol. The highest BCUT2D eigenvalue weighted by molar-refractivity contribution is 7.92. The van der Waals surface area contributed by atoms with Crippen molar-refractivity contribution in [2.75, 3.05) is 29.0 Å². The number of likely N-dealkylation sites (tertiary alicyclic amines) is 1. The number of hydrogen-bond acceptors (Lipinski definition) is 5. The molecule has 2 aromatic carbocycles. The van der Waals surface area contributed by atoms with Crippen LogP contribution >= 0.6 is 11.6 Å². The summed E-state index contributed by atoms with van der Waals surface area (Å²) in [6, 6.07) is 8.40. The summed E-state index contributed by atoms with van der Waals surface area (Å²) in [5.41, 5.74) is -0.231. The summed E-state index contributed by atoms with van der Waals surface area (Å²) in [6.45, 7) is 0.533. The molecule has 1 amide bonds. The number of sulfonamides is 1.